The average Bonchev–Trinajstić information content (AvgIpc) is 3.36. The molecule has 1 saturated heterocycles. The molecule has 0 aliphatic carbocycles. The molecule has 1 aliphatic heterocycles. The number of aromatic nitrogens is 1. The molecule has 148 valence electrons. The molecule has 0 radical (unpaired) electrons. The molecule has 1 aliphatic rings. The van der Waals surface area contributed by atoms with Crippen molar-refractivity contribution in [3.63, 3.8) is 0 Å². The van der Waals surface area contributed by atoms with Crippen molar-refractivity contribution < 1.29 is 18.4 Å². The van der Waals surface area contributed by atoms with Crippen LogP contribution in [0.2, 0.25) is 0 Å². The van der Waals surface area contributed by atoms with Crippen LogP contribution in [0, 0.1) is 5.82 Å². The molecule has 0 atom stereocenters. The lowest BCUT2D eigenvalue weighted by atomic mass is 10.1. The summed E-state index contributed by atoms with van der Waals surface area (Å²) >= 11 is 0. The van der Waals surface area contributed by atoms with Gasteiger partial charge in [0.2, 0.25) is 11.8 Å². The Morgan fingerprint density at radius 2 is 2.03 bits per heavy atom. The summed E-state index contributed by atoms with van der Waals surface area (Å²) in [6.45, 7) is 0.699. The van der Waals surface area contributed by atoms with Crippen LogP contribution in [0.5, 0.6) is 0 Å². The number of carbonyl (C=O) groups is 2. The van der Waals surface area contributed by atoms with Crippen LogP contribution in [0.1, 0.15) is 25.0 Å². The molecule has 3 aromatic rings. The van der Waals surface area contributed by atoms with Gasteiger partial charge in [-0.05, 0) is 42.8 Å². The Morgan fingerprint density at radius 1 is 1.17 bits per heavy atom. The third-order valence-electron chi connectivity index (χ3n) is 4.80. The largest absolute Gasteiger partial charge is 0.461 e. The number of pyridine rings is 1. The van der Waals surface area contributed by atoms with Crippen molar-refractivity contribution in [2.24, 2.45) is 0 Å². The predicted octanol–water partition coefficient (Wildman–Crippen LogP) is 4.18. The van der Waals surface area contributed by atoms with Crippen molar-refractivity contribution in [1.82, 2.24) is 4.98 Å². The molecule has 2 amide bonds. The van der Waals surface area contributed by atoms with E-state index in [1.54, 1.807) is 53.6 Å². The third kappa shape index (κ3) is 4.34. The van der Waals surface area contributed by atoms with E-state index in [1.165, 1.54) is 6.07 Å². The second-order valence-electron chi connectivity index (χ2n) is 6.84. The number of furan rings is 1. The maximum Gasteiger partial charge on any atom is 0.227 e. The van der Waals surface area contributed by atoms with E-state index in [0.29, 0.717) is 42.3 Å². The van der Waals surface area contributed by atoms with Crippen LogP contribution in [0.4, 0.5) is 15.9 Å². The van der Waals surface area contributed by atoms with Crippen LogP contribution >= 0.6 is 0 Å². The van der Waals surface area contributed by atoms with E-state index in [2.05, 4.69) is 10.3 Å². The molecule has 1 fully saturated rings. The van der Waals surface area contributed by atoms with Crippen molar-refractivity contribution in [1.29, 1.82) is 0 Å². The molecule has 6 nitrogen and oxygen atoms in total. The SMILES string of the molecule is O=C(CCc1ccc(-c2ccccc2F)o1)Nc1ccc(N2CCCC2=O)cn1. The number of rotatable bonds is 6. The van der Waals surface area contributed by atoms with Gasteiger partial charge in [-0.2, -0.15) is 0 Å². The Hall–Kier alpha value is -3.48. The fourth-order valence-corrected chi connectivity index (χ4v) is 3.30. The Balaban J connectivity index is 1.31. The lowest BCUT2D eigenvalue weighted by Gasteiger charge is -2.15. The molecular formula is C22H20FN3O3. The summed E-state index contributed by atoms with van der Waals surface area (Å²) in [6.07, 6.45) is 3.59. The van der Waals surface area contributed by atoms with Gasteiger partial charge in [0.05, 0.1) is 17.4 Å². The standard InChI is InChI=1S/C22H20FN3O3/c23-18-5-2-1-4-17(18)19-10-8-16(29-19)9-12-21(27)25-20-11-7-15(14-24-20)26-13-3-6-22(26)28/h1-2,4-5,7-8,10-11,14H,3,6,9,12-13H2,(H,24,25,27). The Morgan fingerprint density at radius 3 is 2.76 bits per heavy atom. The van der Waals surface area contributed by atoms with Gasteiger partial charge in [-0.15, -0.1) is 0 Å². The molecule has 0 saturated carbocycles. The first-order chi connectivity index (χ1) is 14.1. The fourth-order valence-electron chi connectivity index (χ4n) is 3.30. The zero-order valence-corrected chi connectivity index (χ0v) is 15.7. The minimum atomic E-state index is -0.351. The first kappa shape index (κ1) is 18.9. The lowest BCUT2D eigenvalue weighted by molar-refractivity contribution is -0.117. The summed E-state index contributed by atoms with van der Waals surface area (Å²) in [5.74, 6) is 1.01. The van der Waals surface area contributed by atoms with Crippen LogP contribution in [-0.4, -0.2) is 23.3 Å². The van der Waals surface area contributed by atoms with E-state index >= 15 is 0 Å². The van der Waals surface area contributed by atoms with Gasteiger partial charge in [-0.1, -0.05) is 12.1 Å². The molecule has 7 heteroatoms. The number of nitrogens with one attached hydrogen (secondary N) is 1. The minimum Gasteiger partial charge on any atom is -0.461 e. The third-order valence-corrected chi connectivity index (χ3v) is 4.80. The van der Waals surface area contributed by atoms with E-state index in [0.717, 1.165) is 12.1 Å². The number of carbonyl (C=O) groups excluding carboxylic acids is 2. The number of halogens is 1. The van der Waals surface area contributed by atoms with E-state index < -0.39 is 0 Å². The molecule has 29 heavy (non-hydrogen) atoms. The van der Waals surface area contributed by atoms with Gasteiger partial charge in [0.1, 0.15) is 23.2 Å². The van der Waals surface area contributed by atoms with Crippen molar-refractivity contribution in [2.75, 3.05) is 16.8 Å². The maximum atomic E-state index is 13.8. The molecule has 0 unspecified atom stereocenters. The van der Waals surface area contributed by atoms with Crippen LogP contribution in [0.25, 0.3) is 11.3 Å². The van der Waals surface area contributed by atoms with Crippen molar-refractivity contribution in [2.45, 2.75) is 25.7 Å². The Kier molecular flexibility index (Phi) is 5.37. The second-order valence-corrected chi connectivity index (χ2v) is 6.84. The summed E-state index contributed by atoms with van der Waals surface area (Å²) < 4.78 is 19.5. The number of anilines is 2. The molecule has 1 aromatic carbocycles. The topological polar surface area (TPSA) is 75.4 Å². The number of amides is 2. The van der Waals surface area contributed by atoms with E-state index in [-0.39, 0.29) is 24.1 Å². The molecule has 2 aromatic heterocycles. The van der Waals surface area contributed by atoms with Gasteiger partial charge in [0.15, 0.2) is 0 Å². The number of hydrogen-bond acceptors (Lipinski definition) is 4. The number of benzene rings is 1. The number of nitrogens with zero attached hydrogens (tertiary/aromatic N) is 2. The molecule has 0 spiro atoms. The van der Waals surface area contributed by atoms with Crippen molar-refractivity contribution in [3.8, 4) is 11.3 Å². The quantitative estimate of drug-likeness (QED) is 0.682. The summed E-state index contributed by atoms with van der Waals surface area (Å²) in [4.78, 5) is 29.9. The summed E-state index contributed by atoms with van der Waals surface area (Å²) in [5.41, 5.74) is 1.13. The van der Waals surface area contributed by atoms with E-state index in [1.807, 2.05) is 0 Å². The lowest BCUT2D eigenvalue weighted by Crippen LogP contribution is -2.23. The van der Waals surface area contributed by atoms with Gasteiger partial charge < -0.3 is 14.6 Å². The zero-order valence-electron chi connectivity index (χ0n) is 15.7. The van der Waals surface area contributed by atoms with Gasteiger partial charge in [-0.3, -0.25) is 9.59 Å². The van der Waals surface area contributed by atoms with Crippen molar-refractivity contribution in [3.05, 3.63) is 66.3 Å². The summed E-state index contributed by atoms with van der Waals surface area (Å²) in [6, 6.07) is 13.3. The fraction of sp³-hybridized carbons (Fsp3) is 0.227. The smallest absolute Gasteiger partial charge is 0.227 e. The highest BCUT2D eigenvalue weighted by atomic mass is 19.1. The van der Waals surface area contributed by atoms with Gasteiger partial charge in [0.25, 0.3) is 0 Å². The maximum absolute atomic E-state index is 13.8. The highest BCUT2D eigenvalue weighted by Gasteiger charge is 2.21. The van der Waals surface area contributed by atoms with Gasteiger partial charge >= 0.3 is 0 Å². The van der Waals surface area contributed by atoms with E-state index in [4.69, 9.17) is 4.42 Å². The molecular weight excluding hydrogens is 373 g/mol. The van der Waals surface area contributed by atoms with Crippen LogP contribution in [0.3, 0.4) is 0 Å². The van der Waals surface area contributed by atoms with Crippen LogP contribution in [0.15, 0.2) is 59.1 Å². The highest BCUT2D eigenvalue weighted by Crippen LogP contribution is 2.25. The average molecular weight is 393 g/mol. The first-order valence-corrected chi connectivity index (χ1v) is 9.50. The zero-order chi connectivity index (χ0) is 20.2. The highest BCUT2D eigenvalue weighted by molar-refractivity contribution is 5.95. The van der Waals surface area contributed by atoms with E-state index in [9.17, 15) is 14.0 Å². The molecule has 1 N–H and O–H groups in total. The number of hydrogen-bond donors (Lipinski definition) is 1. The minimum absolute atomic E-state index is 0.0942. The molecule has 3 heterocycles. The molecule has 4 rings (SSSR count). The molecule has 0 bridgehead atoms. The van der Waals surface area contributed by atoms with Crippen LogP contribution in [-0.2, 0) is 16.0 Å². The van der Waals surface area contributed by atoms with Crippen molar-refractivity contribution >= 4 is 23.3 Å². The monoisotopic (exact) mass is 393 g/mol. The summed E-state index contributed by atoms with van der Waals surface area (Å²) in [7, 11) is 0. The Labute approximate surface area is 167 Å². The number of aryl methyl sites for hydroxylation is 1. The normalized spacial score (nSPS) is 13.7. The first-order valence-electron chi connectivity index (χ1n) is 9.50. The van der Waals surface area contributed by atoms with Gasteiger partial charge in [0, 0.05) is 25.8 Å². The second kappa shape index (κ2) is 8.26. The predicted molar refractivity (Wildman–Crippen MR) is 107 cm³/mol. The Bertz CT molecular complexity index is 1030. The summed E-state index contributed by atoms with van der Waals surface area (Å²) in [5, 5.41) is 2.73. The van der Waals surface area contributed by atoms with Crippen LogP contribution < -0.4 is 10.2 Å². The van der Waals surface area contributed by atoms with Gasteiger partial charge in [-0.25, -0.2) is 9.37 Å².